The largest absolute Gasteiger partial charge is 0.496 e. The normalized spacial score (nSPS) is 22.1. The summed E-state index contributed by atoms with van der Waals surface area (Å²) in [5.41, 5.74) is 0.921. The fourth-order valence-corrected chi connectivity index (χ4v) is 6.31. The number of cyclic esters (lactones) is 1. The Morgan fingerprint density at radius 2 is 1.69 bits per heavy atom. The number of methoxy groups -OCH3 is 2. The van der Waals surface area contributed by atoms with Gasteiger partial charge in [-0.05, 0) is 43.9 Å². The second-order valence-electron chi connectivity index (χ2n) is 8.95. The molecule has 2 fully saturated rings. The highest BCUT2D eigenvalue weighted by Gasteiger charge is 2.42. The number of benzene rings is 2. The molecule has 194 valence electrons. The lowest BCUT2D eigenvalue weighted by Crippen LogP contribution is -2.50. The molecule has 0 radical (unpaired) electrons. The van der Waals surface area contributed by atoms with Crippen molar-refractivity contribution in [3.63, 3.8) is 0 Å². The summed E-state index contributed by atoms with van der Waals surface area (Å²) >= 11 is 0. The molecule has 2 aromatic rings. The zero-order valence-corrected chi connectivity index (χ0v) is 21.2. The van der Waals surface area contributed by atoms with E-state index in [2.05, 4.69) is 10.0 Å². The average Bonchev–Trinajstić information content (AvgIpc) is 3.35. The number of amides is 2. The minimum atomic E-state index is -3.99. The second kappa shape index (κ2) is 10.8. The Morgan fingerprint density at radius 3 is 2.33 bits per heavy atom. The zero-order chi connectivity index (χ0) is 25.8. The number of hydrogen-bond acceptors (Lipinski definition) is 7. The number of carbonyl (C=O) groups excluding carboxylic acids is 2. The van der Waals surface area contributed by atoms with Crippen LogP contribution in [0.25, 0.3) is 0 Å². The Kier molecular flexibility index (Phi) is 7.70. The molecule has 10 nitrogen and oxygen atoms in total. The molecule has 2 aromatic carbocycles. The number of ether oxygens (including phenoxy) is 3. The molecule has 2 aliphatic rings. The fourth-order valence-electron chi connectivity index (χ4n) is 4.96. The van der Waals surface area contributed by atoms with Crippen molar-refractivity contribution in [3.8, 4) is 11.5 Å². The Bertz CT molecular complexity index is 1210. The van der Waals surface area contributed by atoms with E-state index in [-0.39, 0.29) is 25.1 Å². The van der Waals surface area contributed by atoms with Crippen LogP contribution in [-0.2, 0) is 20.4 Å². The fraction of sp³-hybridized carbons (Fsp3) is 0.440. The topological polar surface area (TPSA) is 123 Å². The van der Waals surface area contributed by atoms with E-state index in [0.29, 0.717) is 49.3 Å². The van der Waals surface area contributed by atoms with E-state index in [1.54, 1.807) is 31.4 Å². The van der Waals surface area contributed by atoms with Gasteiger partial charge >= 0.3 is 16.3 Å². The number of para-hydroxylation sites is 2. The van der Waals surface area contributed by atoms with Crippen molar-refractivity contribution < 1.29 is 32.2 Å². The maximum atomic E-state index is 13.1. The molecule has 1 aliphatic heterocycles. The number of hydrogen-bond donors (Lipinski definition) is 2. The van der Waals surface area contributed by atoms with Gasteiger partial charge in [0, 0.05) is 23.6 Å². The molecule has 1 saturated heterocycles. The quantitative estimate of drug-likeness (QED) is 0.524. The van der Waals surface area contributed by atoms with Crippen LogP contribution in [0.2, 0.25) is 0 Å². The summed E-state index contributed by atoms with van der Waals surface area (Å²) in [6.07, 6.45) is 1.37. The predicted molar refractivity (Wildman–Crippen MR) is 132 cm³/mol. The summed E-state index contributed by atoms with van der Waals surface area (Å²) in [6, 6.07) is 14.4. The van der Waals surface area contributed by atoms with E-state index in [1.807, 2.05) is 24.3 Å². The van der Waals surface area contributed by atoms with Gasteiger partial charge in [-0.25, -0.2) is 4.79 Å². The summed E-state index contributed by atoms with van der Waals surface area (Å²) in [5, 5.41) is 3.07. The summed E-state index contributed by atoms with van der Waals surface area (Å²) in [5.74, 6) is 0.944. The average molecular weight is 518 g/mol. The Balaban J connectivity index is 1.53. The van der Waals surface area contributed by atoms with Crippen LogP contribution in [-0.4, -0.2) is 64.7 Å². The highest BCUT2D eigenvalue weighted by Crippen LogP contribution is 2.43. The number of nitrogens with one attached hydrogen (secondary N) is 2. The molecular formula is C25H31N3O7S. The third kappa shape index (κ3) is 5.26. The number of rotatable bonds is 9. The SMILES string of the molecule is COc1ccccc1C(=O)NCC1(c2ccccc2OC)CCC(NS(=O)(=O)N2CCOC2=O)CC1. The molecule has 1 saturated carbocycles. The number of nitrogens with zero attached hydrogens (tertiary/aromatic N) is 1. The van der Waals surface area contributed by atoms with Gasteiger partial charge < -0.3 is 19.5 Å². The van der Waals surface area contributed by atoms with Crippen LogP contribution < -0.4 is 19.5 Å². The highest BCUT2D eigenvalue weighted by atomic mass is 32.2. The van der Waals surface area contributed by atoms with Gasteiger partial charge in [-0.2, -0.15) is 17.4 Å². The summed E-state index contributed by atoms with van der Waals surface area (Å²) < 4.78 is 44.5. The molecular weight excluding hydrogens is 486 g/mol. The third-order valence-electron chi connectivity index (χ3n) is 6.89. The van der Waals surface area contributed by atoms with E-state index < -0.39 is 21.7 Å². The molecule has 0 atom stereocenters. The van der Waals surface area contributed by atoms with E-state index in [4.69, 9.17) is 14.2 Å². The molecule has 1 aliphatic carbocycles. The lowest BCUT2D eigenvalue weighted by Gasteiger charge is -2.41. The molecule has 0 aromatic heterocycles. The van der Waals surface area contributed by atoms with Crippen LogP contribution in [0, 0.1) is 0 Å². The van der Waals surface area contributed by atoms with Gasteiger partial charge in [-0.15, -0.1) is 0 Å². The monoisotopic (exact) mass is 517 g/mol. The first-order valence-corrected chi connectivity index (χ1v) is 13.2. The van der Waals surface area contributed by atoms with Gasteiger partial charge in [0.25, 0.3) is 5.91 Å². The van der Waals surface area contributed by atoms with E-state index in [0.717, 1.165) is 9.87 Å². The van der Waals surface area contributed by atoms with Gasteiger partial charge in [0.15, 0.2) is 0 Å². The second-order valence-corrected chi connectivity index (χ2v) is 10.6. The highest BCUT2D eigenvalue weighted by molar-refractivity contribution is 7.87. The molecule has 36 heavy (non-hydrogen) atoms. The molecule has 0 spiro atoms. The van der Waals surface area contributed by atoms with Crippen molar-refractivity contribution in [2.24, 2.45) is 0 Å². The van der Waals surface area contributed by atoms with Crippen molar-refractivity contribution in [2.45, 2.75) is 37.1 Å². The molecule has 0 bridgehead atoms. The van der Waals surface area contributed by atoms with E-state index in [1.165, 1.54) is 7.11 Å². The minimum absolute atomic E-state index is 0.00101. The van der Waals surface area contributed by atoms with Crippen molar-refractivity contribution in [3.05, 3.63) is 59.7 Å². The van der Waals surface area contributed by atoms with Gasteiger partial charge in [-0.3, -0.25) is 4.79 Å². The maximum absolute atomic E-state index is 13.1. The van der Waals surface area contributed by atoms with Gasteiger partial charge in [0.05, 0.1) is 26.3 Å². The Labute approximate surface area is 211 Å². The Hall–Kier alpha value is -3.31. The van der Waals surface area contributed by atoms with Gasteiger partial charge in [0.2, 0.25) is 0 Å². The lowest BCUT2D eigenvalue weighted by atomic mass is 9.68. The van der Waals surface area contributed by atoms with E-state index >= 15 is 0 Å². The smallest absolute Gasteiger partial charge is 0.424 e. The zero-order valence-electron chi connectivity index (χ0n) is 20.4. The standard InChI is InChI=1S/C25H31N3O7S/c1-33-21-9-5-3-7-19(21)23(29)26-17-25(20-8-4-6-10-22(20)34-2)13-11-18(12-14-25)27-36(31,32)28-15-16-35-24(28)30/h3-10,18,27H,11-17H2,1-2H3,(H,26,29). The van der Waals surface area contributed by atoms with Crippen LogP contribution in [0.5, 0.6) is 11.5 Å². The van der Waals surface area contributed by atoms with Gasteiger partial charge in [0.1, 0.15) is 18.1 Å². The van der Waals surface area contributed by atoms with Crippen LogP contribution >= 0.6 is 0 Å². The maximum Gasteiger partial charge on any atom is 0.424 e. The van der Waals surface area contributed by atoms with Crippen LogP contribution in [0.1, 0.15) is 41.6 Å². The van der Waals surface area contributed by atoms with Crippen LogP contribution in [0.3, 0.4) is 0 Å². The van der Waals surface area contributed by atoms with Gasteiger partial charge in [-0.1, -0.05) is 30.3 Å². The Morgan fingerprint density at radius 1 is 1.06 bits per heavy atom. The van der Waals surface area contributed by atoms with Crippen LogP contribution in [0.15, 0.2) is 48.5 Å². The first kappa shape index (κ1) is 25.8. The molecule has 0 unspecified atom stereocenters. The lowest BCUT2D eigenvalue weighted by molar-refractivity contribution is 0.0931. The number of carbonyl (C=O) groups is 2. The summed E-state index contributed by atoms with van der Waals surface area (Å²) in [6.45, 7) is 0.385. The van der Waals surface area contributed by atoms with Crippen LogP contribution in [0.4, 0.5) is 4.79 Å². The third-order valence-corrected chi connectivity index (χ3v) is 8.43. The van der Waals surface area contributed by atoms with Crippen molar-refractivity contribution >= 4 is 22.2 Å². The molecule has 4 rings (SSSR count). The predicted octanol–water partition coefficient (Wildman–Crippen LogP) is 2.60. The molecule has 1 heterocycles. The molecule has 11 heteroatoms. The van der Waals surface area contributed by atoms with E-state index in [9.17, 15) is 18.0 Å². The van der Waals surface area contributed by atoms with Crippen molar-refractivity contribution in [2.75, 3.05) is 33.9 Å². The summed E-state index contributed by atoms with van der Waals surface area (Å²) in [7, 11) is -0.866. The first-order chi connectivity index (χ1) is 17.3. The summed E-state index contributed by atoms with van der Waals surface area (Å²) in [4.78, 5) is 24.8. The van der Waals surface area contributed by atoms with Crippen molar-refractivity contribution in [1.29, 1.82) is 0 Å². The molecule has 2 N–H and O–H groups in total. The minimum Gasteiger partial charge on any atom is -0.496 e. The van der Waals surface area contributed by atoms with Crippen molar-refractivity contribution in [1.82, 2.24) is 14.3 Å². The first-order valence-electron chi connectivity index (χ1n) is 11.8. The molecule has 2 amide bonds.